The van der Waals surface area contributed by atoms with Crippen LogP contribution in [0.2, 0.25) is 0 Å². The Balaban J connectivity index is 1.72. The third-order valence-electron chi connectivity index (χ3n) is 4.26. The van der Waals surface area contributed by atoms with E-state index in [1.54, 1.807) is 36.5 Å². The SMILES string of the molecule is Cc1ccc(-n2ncc(C(=O)Nc3ccc4[nH]ncc4c3)c2C(F)(F)F)cc1. The molecule has 2 N–H and O–H groups in total. The zero-order chi connectivity index (χ0) is 19.9. The van der Waals surface area contributed by atoms with E-state index in [0.29, 0.717) is 5.69 Å². The molecule has 0 spiro atoms. The van der Waals surface area contributed by atoms with Crippen LogP contribution in [-0.4, -0.2) is 25.9 Å². The summed E-state index contributed by atoms with van der Waals surface area (Å²) in [5.41, 5.74) is 0.545. The summed E-state index contributed by atoms with van der Waals surface area (Å²) in [7, 11) is 0. The zero-order valence-corrected chi connectivity index (χ0v) is 14.6. The summed E-state index contributed by atoms with van der Waals surface area (Å²) in [4.78, 5) is 12.6. The number of fused-ring (bicyclic) bond motifs is 1. The minimum absolute atomic E-state index is 0.219. The topological polar surface area (TPSA) is 75.6 Å². The number of nitrogens with one attached hydrogen (secondary N) is 2. The lowest BCUT2D eigenvalue weighted by molar-refractivity contribution is -0.143. The van der Waals surface area contributed by atoms with Crippen molar-refractivity contribution >= 4 is 22.5 Å². The molecule has 0 radical (unpaired) electrons. The number of H-pyrrole nitrogens is 1. The molecule has 0 bridgehead atoms. The standard InChI is InChI=1S/C19H14F3N5O/c1-11-2-5-14(6-3-11)27-17(19(20,21)22)15(10-24-27)18(28)25-13-4-7-16-12(8-13)9-23-26-16/h2-10H,1H3,(H,23,26)(H,25,28). The highest BCUT2D eigenvalue weighted by Gasteiger charge is 2.40. The number of carbonyl (C=O) groups excluding carboxylic acids is 1. The molecule has 0 aliphatic carbocycles. The third kappa shape index (κ3) is 3.22. The van der Waals surface area contributed by atoms with Gasteiger partial charge in [-0.25, -0.2) is 4.68 Å². The fourth-order valence-electron chi connectivity index (χ4n) is 2.89. The second-order valence-electron chi connectivity index (χ2n) is 6.28. The van der Waals surface area contributed by atoms with Crippen LogP contribution in [0.5, 0.6) is 0 Å². The van der Waals surface area contributed by atoms with Crippen molar-refractivity contribution in [3.05, 3.63) is 71.7 Å². The van der Waals surface area contributed by atoms with Crippen molar-refractivity contribution in [2.45, 2.75) is 13.1 Å². The van der Waals surface area contributed by atoms with Crippen molar-refractivity contribution in [1.29, 1.82) is 0 Å². The summed E-state index contributed by atoms with van der Waals surface area (Å²) in [6.45, 7) is 1.83. The molecule has 2 aromatic carbocycles. The number of aryl methyl sites for hydroxylation is 1. The summed E-state index contributed by atoms with van der Waals surface area (Å²) in [6, 6.07) is 11.3. The first-order chi connectivity index (χ1) is 13.3. The first-order valence-corrected chi connectivity index (χ1v) is 8.30. The van der Waals surface area contributed by atoms with E-state index < -0.39 is 23.3 Å². The average molecular weight is 385 g/mol. The van der Waals surface area contributed by atoms with E-state index in [-0.39, 0.29) is 5.69 Å². The van der Waals surface area contributed by atoms with Crippen molar-refractivity contribution in [1.82, 2.24) is 20.0 Å². The molecule has 4 rings (SSSR count). The third-order valence-corrected chi connectivity index (χ3v) is 4.26. The van der Waals surface area contributed by atoms with Crippen LogP contribution in [0.3, 0.4) is 0 Å². The number of hydrogen-bond donors (Lipinski definition) is 2. The van der Waals surface area contributed by atoms with Gasteiger partial charge in [-0.15, -0.1) is 0 Å². The van der Waals surface area contributed by atoms with Crippen LogP contribution in [0.25, 0.3) is 16.6 Å². The smallest absolute Gasteiger partial charge is 0.322 e. The van der Waals surface area contributed by atoms with Crippen molar-refractivity contribution in [2.24, 2.45) is 0 Å². The first-order valence-electron chi connectivity index (χ1n) is 8.30. The van der Waals surface area contributed by atoms with E-state index in [1.165, 1.54) is 12.1 Å². The highest BCUT2D eigenvalue weighted by molar-refractivity contribution is 6.06. The largest absolute Gasteiger partial charge is 0.434 e. The maximum Gasteiger partial charge on any atom is 0.434 e. The molecule has 142 valence electrons. The van der Waals surface area contributed by atoms with Gasteiger partial charge in [0.05, 0.1) is 29.2 Å². The van der Waals surface area contributed by atoms with Crippen LogP contribution in [0.15, 0.2) is 54.9 Å². The quantitative estimate of drug-likeness (QED) is 0.551. The summed E-state index contributed by atoms with van der Waals surface area (Å²) >= 11 is 0. The Bertz CT molecular complexity index is 1160. The number of hydrogen-bond acceptors (Lipinski definition) is 3. The van der Waals surface area contributed by atoms with Gasteiger partial charge in [0.15, 0.2) is 5.69 Å². The van der Waals surface area contributed by atoms with E-state index in [4.69, 9.17) is 0 Å². The maximum atomic E-state index is 13.7. The van der Waals surface area contributed by atoms with Gasteiger partial charge in [0.25, 0.3) is 5.91 Å². The predicted octanol–water partition coefficient (Wildman–Crippen LogP) is 4.33. The van der Waals surface area contributed by atoms with Crippen LogP contribution in [0.4, 0.5) is 18.9 Å². The van der Waals surface area contributed by atoms with E-state index in [1.807, 2.05) is 6.92 Å². The highest BCUT2D eigenvalue weighted by Crippen LogP contribution is 2.34. The van der Waals surface area contributed by atoms with Crippen molar-refractivity contribution in [3.8, 4) is 5.69 Å². The minimum atomic E-state index is -4.76. The molecule has 2 heterocycles. The van der Waals surface area contributed by atoms with E-state index in [9.17, 15) is 18.0 Å². The van der Waals surface area contributed by atoms with Gasteiger partial charge in [0.2, 0.25) is 0 Å². The number of alkyl halides is 3. The Kier molecular flexibility index (Phi) is 4.14. The molecule has 1 amide bonds. The van der Waals surface area contributed by atoms with Crippen LogP contribution in [0, 0.1) is 6.92 Å². The number of aromatic amines is 1. The van der Waals surface area contributed by atoms with E-state index in [2.05, 4.69) is 20.6 Å². The molecule has 2 aromatic heterocycles. The number of carbonyl (C=O) groups is 1. The van der Waals surface area contributed by atoms with Gasteiger partial charge < -0.3 is 5.32 Å². The maximum absolute atomic E-state index is 13.7. The lowest BCUT2D eigenvalue weighted by Crippen LogP contribution is -2.20. The molecule has 6 nitrogen and oxygen atoms in total. The monoisotopic (exact) mass is 385 g/mol. The van der Waals surface area contributed by atoms with Gasteiger partial charge in [-0.1, -0.05) is 17.7 Å². The summed E-state index contributed by atoms with van der Waals surface area (Å²) < 4.78 is 41.9. The van der Waals surface area contributed by atoms with Crippen molar-refractivity contribution in [2.75, 3.05) is 5.32 Å². The number of rotatable bonds is 3. The fourth-order valence-corrected chi connectivity index (χ4v) is 2.89. The lowest BCUT2D eigenvalue weighted by atomic mass is 10.2. The van der Waals surface area contributed by atoms with Crippen LogP contribution in [0.1, 0.15) is 21.6 Å². The zero-order valence-electron chi connectivity index (χ0n) is 14.6. The molecule has 0 atom stereocenters. The molecule has 0 saturated carbocycles. The molecular weight excluding hydrogens is 371 g/mol. The molecule has 0 unspecified atom stereocenters. The summed E-state index contributed by atoms with van der Waals surface area (Å²) in [5, 5.41) is 13.7. The number of nitrogens with zero attached hydrogens (tertiary/aromatic N) is 3. The number of halogens is 3. The molecule has 0 aliphatic heterocycles. The Morgan fingerprint density at radius 1 is 1.11 bits per heavy atom. The van der Waals surface area contributed by atoms with Gasteiger partial charge in [-0.3, -0.25) is 9.89 Å². The number of aromatic nitrogens is 4. The van der Waals surface area contributed by atoms with Crippen molar-refractivity contribution < 1.29 is 18.0 Å². The Morgan fingerprint density at radius 2 is 1.86 bits per heavy atom. The molecule has 0 fully saturated rings. The molecule has 0 saturated heterocycles. The predicted molar refractivity (Wildman–Crippen MR) is 97.3 cm³/mol. The summed E-state index contributed by atoms with van der Waals surface area (Å²) in [6.07, 6.45) is -2.28. The average Bonchev–Trinajstić information content (AvgIpc) is 3.28. The van der Waals surface area contributed by atoms with Crippen LogP contribution < -0.4 is 5.32 Å². The van der Waals surface area contributed by atoms with Gasteiger partial charge in [0, 0.05) is 11.1 Å². The number of anilines is 1. The Labute approximate surface area is 157 Å². The van der Waals surface area contributed by atoms with Gasteiger partial charge >= 0.3 is 6.18 Å². The van der Waals surface area contributed by atoms with E-state index in [0.717, 1.165) is 27.3 Å². The molecule has 28 heavy (non-hydrogen) atoms. The van der Waals surface area contributed by atoms with Crippen molar-refractivity contribution in [3.63, 3.8) is 0 Å². The molecule has 0 aliphatic rings. The van der Waals surface area contributed by atoms with Gasteiger partial charge in [-0.05, 0) is 37.3 Å². The Hall–Kier alpha value is -3.62. The normalized spacial score (nSPS) is 11.7. The minimum Gasteiger partial charge on any atom is -0.322 e. The molecular formula is C19H14F3N5O. The number of amides is 1. The summed E-state index contributed by atoms with van der Waals surface area (Å²) in [5.74, 6) is -0.895. The first kappa shape index (κ1) is 17.8. The second-order valence-corrected chi connectivity index (χ2v) is 6.28. The second kappa shape index (κ2) is 6.52. The van der Waals surface area contributed by atoms with Crippen LogP contribution >= 0.6 is 0 Å². The van der Waals surface area contributed by atoms with Gasteiger partial charge in [0.1, 0.15) is 0 Å². The fraction of sp³-hybridized carbons (Fsp3) is 0.105. The highest BCUT2D eigenvalue weighted by atomic mass is 19.4. The lowest BCUT2D eigenvalue weighted by Gasteiger charge is -2.13. The van der Waals surface area contributed by atoms with E-state index >= 15 is 0 Å². The van der Waals surface area contributed by atoms with Crippen LogP contribution in [-0.2, 0) is 6.18 Å². The molecule has 9 heteroatoms. The Morgan fingerprint density at radius 3 is 2.57 bits per heavy atom. The molecule has 4 aromatic rings. The van der Waals surface area contributed by atoms with Gasteiger partial charge in [-0.2, -0.15) is 23.4 Å². The number of benzene rings is 2.